The largest absolute Gasteiger partial charge is 0.487 e. The number of fused-ring (bicyclic) bond motifs is 2. The number of aryl methyl sites for hydroxylation is 1. The first kappa shape index (κ1) is 34.5. The number of rotatable bonds is 10. The molecule has 4 rings (SSSR count). The van der Waals surface area contributed by atoms with Crippen LogP contribution in [-0.4, -0.2) is 56.6 Å². The summed E-state index contributed by atoms with van der Waals surface area (Å²) in [6, 6.07) is 11.0. The average molecular weight is 649 g/mol. The lowest BCUT2D eigenvalue weighted by atomic mass is 9.63. The predicted molar refractivity (Wildman–Crippen MR) is 176 cm³/mol. The molecule has 244 valence electrons. The summed E-state index contributed by atoms with van der Waals surface area (Å²) < 4.78 is 40.7. The number of halogens is 1. The lowest BCUT2D eigenvalue weighted by Crippen LogP contribution is -2.55. The highest BCUT2D eigenvalue weighted by Crippen LogP contribution is 2.46. The second-order valence-corrected chi connectivity index (χ2v) is 15.3. The Labute approximate surface area is 268 Å². The third-order valence-corrected chi connectivity index (χ3v) is 12.4. The SMILES string of the molecule is CC[C@H](C)[C@@H](C)S(=O)(=O)NC(=O)c1ccc2c(c1)N(C[C@@H]1CC[C@H]1C(C)(OC)[C@H](C)O)CCCCc1cc(Cl)ccc1CO2. The molecule has 1 aliphatic heterocycles. The van der Waals surface area contributed by atoms with Gasteiger partial charge in [0.2, 0.25) is 10.0 Å². The monoisotopic (exact) mass is 648 g/mol. The second-order valence-electron chi connectivity index (χ2n) is 12.9. The van der Waals surface area contributed by atoms with Crippen LogP contribution in [0.1, 0.15) is 88.2 Å². The molecule has 2 aliphatic rings. The van der Waals surface area contributed by atoms with Crippen molar-refractivity contribution in [3.63, 3.8) is 0 Å². The Hall–Kier alpha value is -2.33. The summed E-state index contributed by atoms with van der Waals surface area (Å²) in [4.78, 5) is 15.6. The molecule has 1 unspecified atom stereocenters. The van der Waals surface area contributed by atoms with E-state index in [0.29, 0.717) is 30.3 Å². The highest BCUT2D eigenvalue weighted by Gasteiger charge is 2.48. The Morgan fingerprint density at radius 2 is 1.91 bits per heavy atom. The zero-order valence-corrected chi connectivity index (χ0v) is 28.5. The number of carbonyl (C=O) groups excluding carboxylic acids is 1. The molecule has 2 aromatic rings. The topological polar surface area (TPSA) is 105 Å². The van der Waals surface area contributed by atoms with Crippen LogP contribution in [0.5, 0.6) is 5.75 Å². The van der Waals surface area contributed by atoms with Crippen LogP contribution in [0.4, 0.5) is 5.69 Å². The summed E-state index contributed by atoms with van der Waals surface area (Å²) in [5.41, 5.74) is 2.57. The third kappa shape index (κ3) is 7.54. The third-order valence-electron chi connectivity index (χ3n) is 10.3. The molecule has 44 heavy (non-hydrogen) atoms. The van der Waals surface area contributed by atoms with Crippen LogP contribution in [0.2, 0.25) is 5.02 Å². The molecule has 0 radical (unpaired) electrons. The van der Waals surface area contributed by atoms with Crippen LogP contribution in [-0.2, 0) is 27.8 Å². The Morgan fingerprint density at radius 3 is 2.55 bits per heavy atom. The maximum absolute atomic E-state index is 13.4. The Bertz CT molecular complexity index is 1420. The minimum Gasteiger partial charge on any atom is -0.487 e. The second kappa shape index (κ2) is 14.4. The number of carbonyl (C=O) groups is 1. The minimum atomic E-state index is -3.86. The summed E-state index contributed by atoms with van der Waals surface area (Å²) in [5.74, 6) is 0.308. The van der Waals surface area contributed by atoms with Gasteiger partial charge in [-0.05, 0) is 112 Å². The van der Waals surface area contributed by atoms with Crippen LogP contribution in [0.15, 0.2) is 36.4 Å². The minimum absolute atomic E-state index is 0.0933. The maximum atomic E-state index is 13.4. The van der Waals surface area contributed by atoms with Crippen molar-refractivity contribution in [1.29, 1.82) is 0 Å². The van der Waals surface area contributed by atoms with Gasteiger partial charge in [-0.3, -0.25) is 4.79 Å². The van der Waals surface area contributed by atoms with Gasteiger partial charge in [-0.2, -0.15) is 0 Å². The summed E-state index contributed by atoms with van der Waals surface area (Å²) in [7, 11) is -2.20. The van der Waals surface area contributed by atoms with Crippen molar-refractivity contribution in [3.05, 3.63) is 58.1 Å². The van der Waals surface area contributed by atoms with Crippen molar-refractivity contribution in [2.45, 2.75) is 96.7 Å². The number of nitrogens with zero attached hydrogens (tertiary/aromatic N) is 1. The van der Waals surface area contributed by atoms with Gasteiger partial charge in [0.05, 0.1) is 22.6 Å². The lowest BCUT2D eigenvalue weighted by molar-refractivity contribution is -0.155. The number of sulfonamides is 1. The number of benzene rings is 2. The summed E-state index contributed by atoms with van der Waals surface area (Å²) in [5, 5.41) is 10.6. The van der Waals surface area contributed by atoms with Crippen molar-refractivity contribution in [2.24, 2.45) is 17.8 Å². The number of hydrogen-bond donors (Lipinski definition) is 2. The van der Waals surface area contributed by atoms with Gasteiger partial charge in [0, 0.05) is 30.8 Å². The molecule has 1 fully saturated rings. The van der Waals surface area contributed by atoms with Gasteiger partial charge in [-0.25, -0.2) is 13.1 Å². The standard InChI is InChI=1S/C34H49ClN2O6S/c1-7-22(2)23(3)44(40,41)36-33(39)26-13-16-32-31(19-26)37(20-27-12-15-30(27)34(5,42-6)24(4)38)17-9-8-10-25-18-29(35)14-11-28(25)21-43-32/h11,13-14,16,18-19,22-24,27,30,38H,7-10,12,15,17,20-21H2,1-6H3,(H,36,39)/t22-,23+,24-,27-,30+,34?/m0/s1. The molecule has 1 aliphatic carbocycles. The number of aliphatic hydroxyl groups excluding tert-OH is 1. The van der Waals surface area contributed by atoms with Crippen LogP contribution in [0.3, 0.4) is 0 Å². The first-order chi connectivity index (χ1) is 20.8. The molecule has 1 saturated carbocycles. The van der Waals surface area contributed by atoms with E-state index in [4.69, 9.17) is 21.1 Å². The highest BCUT2D eigenvalue weighted by atomic mass is 35.5. The number of aliphatic hydroxyl groups is 1. The highest BCUT2D eigenvalue weighted by molar-refractivity contribution is 7.90. The zero-order chi connectivity index (χ0) is 32.2. The van der Waals surface area contributed by atoms with E-state index in [1.54, 1.807) is 39.2 Å². The Morgan fingerprint density at radius 1 is 1.16 bits per heavy atom. The fourth-order valence-corrected chi connectivity index (χ4v) is 8.02. The fraction of sp³-hybridized carbons (Fsp3) is 0.618. The van der Waals surface area contributed by atoms with Crippen LogP contribution >= 0.6 is 11.6 Å². The predicted octanol–water partition coefficient (Wildman–Crippen LogP) is 6.37. The first-order valence-electron chi connectivity index (χ1n) is 15.9. The van der Waals surface area contributed by atoms with E-state index in [9.17, 15) is 18.3 Å². The average Bonchev–Trinajstić information content (AvgIpc) is 3.01. The summed E-state index contributed by atoms with van der Waals surface area (Å²) in [6.45, 7) is 11.0. The molecule has 2 N–H and O–H groups in total. The molecule has 1 amide bonds. The fourth-order valence-electron chi connectivity index (χ4n) is 6.46. The van der Waals surface area contributed by atoms with Gasteiger partial charge in [0.1, 0.15) is 12.4 Å². The maximum Gasteiger partial charge on any atom is 0.264 e. The molecule has 0 aromatic heterocycles. The molecular formula is C34H49ClN2O6S. The summed E-state index contributed by atoms with van der Waals surface area (Å²) in [6.07, 6.45) is 4.75. The van der Waals surface area contributed by atoms with Gasteiger partial charge < -0.3 is 19.5 Å². The van der Waals surface area contributed by atoms with E-state index < -0.39 is 32.9 Å². The van der Waals surface area contributed by atoms with E-state index in [1.807, 2.05) is 39.0 Å². The molecule has 2 aromatic carbocycles. The number of ether oxygens (including phenoxy) is 2. The van der Waals surface area contributed by atoms with Crippen molar-refractivity contribution in [1.82, 2.24) is 4.72 Å². The molecular weight excluding hydrogens is 600 g/mol. The molecule has 6 atom stereocenters. The van der Waals surface area contributed by atoms with Crippen molar-refractivity contribution in [3.8, 4) is 5.75 Å². The molecule has 10 heteroatoms. The summed E-state index contributed by atoms with van der Waals surface area (Å²) >= 11 is 6.32. The van der Waals surface area contributed by atoms with Gasteiger partial charge in [0.15, 0.2) is 0 Å². The number of nitrogens with one attached hydrogen (secondary N) is 1. The van der Waals surface area contributed by atoms with E-state index >= 15 is 0 Å². The normalized spacial score (nSPS) is 22.5. The smallest absolute Gasteiger partial charge is 0.264 e. The van der Waals surface area contributed by atoms with Crippen LogP contribution in [0.25, 0.3) is 0 Å². The van der Waals surface area contributed by atoms with Crippen molar-refractivity contribution >= 4 is 33.2 Å². The van der Waals surface area contributed by atoms with E-state index in [1.165, 1.54) is 0 Å². The van der Waals surface area contributed by atoms with Crippen molar-refractivity contribution < 1.29 is 27.8 Å². The quantitative estimate of drug-likeness (QED) is 0.309. The zero-order valence-electron chi connectivity index (χ0n) is 26.9. The van der Waals surface area contributed by atoms with E-state index in [2.05, 4.69) is 9.62 Å². The number of hydrogen-bond acceptors (Lipinski definition) is 7. The van der Waals surface area contributed by atoms with Crippen LogP contribution < -0.4 is 14.4 Å². The molecule has 8 nitrogen and oxygen atoms in total. The van der Waals surface area contributed by atoms with E-state index in [0.717, 1.165) is 55.5 Å². The Balaban J connectivity index is 1.69. The van der Waals surface area contributed by atoms with Gasteiger partial charge in [-0.1, -0.05) is 37.9 Å². The first-order valence-corrected chi connectivity index (χ1v) is 17.8. The van der Waals surface area contributed by atoms with Gasteiger partial charge in [0.25, 0.3) is 5.91 Å². The van der Waals surface area contributed by atoms with Crippen molar-refractivity contribution in [2.75, 3.05) is 25.1 Å². The van der Waals surface area contributed by atoms with Gasteiger partial charge in [-0.15, -0.1) is 0 Å². The lowest BCUT2D eigenvalue weighted by Gasteiger charge is -2.50. The number of methoxy groups -OCH3 is 1. The molecule has 0 saturated heterocycles. The Kier molecular flexibility index (Phi) is 11.3. The molecule has 0 bridgehead atoms. The van der Waals surface area contributed by atoms with Gasteiger partial charge >= 0.3 is 0 Å². The van der Waals surface area contributed by atoms with Crippen LogP contribution in [0, 0.1) is 17.8 Å². The molecule has 0 spiro atoms. The number of anilines is 1. The van der Waals surface area contributed by atoms with E-state index in [-0.39, 0.29) is 23.3 Å². The molecule has 1 heterocycles. The number of amides is 1.